The Morgan fingerprint density at radius 2 is 2.04 bits per heavy atom. The van der Waals surface area contributed by atoms with Gasteiger partial charge in [0.05, 0.1) is 25.7 Å². The molecule has 0 saturated heterocycles. The number of benzene rings is 2. The Kier molecular flexibility index (Phi) is 5.16. The van der Waals surface area contributed by atoms with Gasteiger partial charge < -0.3 is 14.6 Å². The Morgan fingerprint density at radius 1 is 1.15 bits per heavy atom. The first-order valence-corrected chi connectivity index (χ1v) is 9.55. The molecule has 136 valence electrons. The summed E-state index contributed by atoms with van der Waals surface area (Å²) in [7, 11) is 1.67. The third-order valence-electron chi connectivity index (χ3n) is 4.21. The highest BCUT2D eigenvalue weighted by molar-refractivity contribution is 7.13. The molecule has 4 rings (SSSR count). The highest BCUT2D eigenvalue weighted by atomic mass is 32.1. The molecule has 0 bridgehead atoms. The topological polar surface area (TPSA) is 52.0 Å². The van der Waals surface area contributed by atoms with Crippen LogP contribution in [0.1, 0.15) is 11.3 Å². The van der Waals surface area contributed by atoms with Gasteiger partial charge in [-0.25, -0.2) is 9.97 Å². The van der Waals surface area contributed by atoms with Crippen molar-refractivity contribution in [2.75, 3.05) is 12.4 Å². The summed E-state index contributed by atoms with van der Waals surface area (Å²) in [4.78, 5) is 8.82. The second kappa shape index (κ2) is 8.05. The lowest BCUT2D eigenvalue weighted by Crippen LogP contribution is -2.01. The lowest BCUT2D eigenvalue weighted by Gasteiger charge is -2.08. The van der Waals surface area contributed by atoms with Gasteiger partial charge in [0.1, 0.15) is 10.8 Å². The Hall–Kier alpha value is -3.12. The number of aromatic nitrogens is 3. The summed E-state index contributed by atoms with van der Waals surface area (Å²) in [5, 5.41) is 6.58. The number of imidazole rings is 1. The zero-order valence-electron chi connectivity index (χ0n) is 15.0. The number of hydrogen-bond donors (Lipinski definition) is 1. The Balaban J connectivity index is 1.39. The van der Waals surface area contributed by atoms with Gasteiger partial charge in [-0.2, -0.15) is 0 Å². The molecule has 0 fully saturated rings. The molecule has 4 aromatic rings. The maximum atomic E-state index is 5.21. The van der Waals surface area contributed by atoms with Crippen molar-refractivity contribution < 1.29 is 4.74 Å². The minimum Gasteiger partial charge on any atom is -0.497 e. The molecule has 27 heavy (non-hydrogen) atoms. The van der Waals surface area contributed by atoms with Crippen molar-refractivity contribution in [2.45, 2.75) is 13.1 Å². The molecule has 0 atom stereocenters. The van der Waals surface area contributed by atoms with E-state index < -0.39 is 0 Å². The van der Waals surface area contributed by atoms with Crippen LogP contribution in [0.3, 0.4) is 0 Å². The number of ether oxygens (including phenoxy) is 1. The first-order chi connectivity index (χ1) is 13.3. The quantitative estimate of drug-likeness (QED) is 0.509. The summed E-state index contributed by atoms with van der Waals surface area (Å²) in [5.41, 5.74) is 4.46. The van der Waals surface area contributed by atoms with Crippen molar-refractivity contribution in [3.05, 3.63) is 83.9 Å². The fourth-order valence-electron chi connectivity index (χ4n) is 2.82. The molecule has 0 radical (unpaired) electrons. The van der Waals surface area contributed by atoms with E-state index in [1.54, 1.807) is 24.6 Å². The number of methoxy groups -OCH3 is 1. The molecule has 0 spiro atoms. The number of anilines is 1. The van der Waals surface area contributed by atoms with Gasteiger partial charge in [0.2, 0.25) is 0 Å². The Labute approximate surface area is 162 Å². The molecule has 2 heterocycles. The molecule has 2 aromatic heterocycles. The molecule has 0 saturated carbocycles. The van der Waals surface area contributed by atoms with E-state index in [-0.39, 0.29) is 0 Å². The summed E-state index contributed by atoms with van der Waals surface area (Å²) in [6.07, 6.45) is 5.59. The highest BCUT2D eigenvalue weighted by Gasteiger charge is 2.05. The van der Waals surface area contributed by atoms with Crippen LogP contribution in [0.5, 0.6) is 5.75 Å². The van der Waals surface area contributed by atoms with Gasteiger partial charge in [0, 0.05) is 35.6 Å². The monoisotopic (exact) mass is 376 g/mol. The summed E-state index contributed by atoms with van der Waals surface area (Å²) in [5.74, 6) is 0.854. The van der Waals surface area contributed by atoms with Gasteiger partial charge in [-0.05, 0) is 42.0 Å². The molecule has 1 N–H and O–H groups in total. The van der Waals surface area contributed by atoms with Crippen LogP contribution in [0.2, 0.25) is 0 Å². The Morgan fingerprint density at radius 3 is 2.81 bits per heavy atom. The van der Waals surface area contributed by atoms with E-state index in [1.807, 2.05) is 36.8 Å². The molecule has 6 heteroatoms. The molecule has 0 aliphatic carbocycles. The average molecular weight is 376 g/mol. The van der Waals surface area contributed by atoms with Crippen LogP contribution in [0.25, 0.3) is 10.6 Å². The van der Waals surface area contributed by atoms with Crippen LogP contribution >= 0.6 is 11.3 Å². The molecular formula is C21H20N4OS. The van der Waals surface area contributed by atoms with Crippen molar-refractivity contribution >= 4 is 17.0 Å². The van der Waals surface area contributed by atoms with Crippen LogP contribution < -0.4 is 10.1 Å². The van der Waals surface area contributed by atoms with Gasteiger partial charge in [-0.1, -0.05) is 12.1 Å². The number of nitrogens with zero attached hydrogens (tertiary/aromatic N) is 3. The maximum absolute atomic E-state index is 5.21. The zero-order valence-corrected chi connectivity index (χ0v) is 15.8. The van der Waals surface area contributed by atoms with Gasteiger partial charge in [-0.15, -0.1) is 11.3 Å². The third kappa shape index (κ3) is 4.35. The van der Waals surface area contributed by atoms with Gasteiger partial charge >= 0.3 is 0 Å². The molecule has 0 aliphatic heterocycles. The Bertz CT molecular complexity index is 993. The van der Waals surface area contributed by atoms with Crippen LogP contribution in [0.15, 0.2) is 72.6 Å². The van der Waals surface area contributed by atoms with Crippen LogP contribution in [-0.4, -0.2) is 21.6 Å². The SMILES string of the molecule is COc1ccc(-c2nc(CNc3cccc(Cn4ccnc4)c3)cs2)cc1. The van der Waals surface area contributed by atoms with Crippen molar-refractivity contribution in [1.82, 2.24) is 14.5 Å². The maximum Gasteiger partial charge on any atom is 0.123 e. The van der Waals surface area contributed by atoms with Crippen molar-refractivity contribution in [1.29, 1.82) is 0 Å². The van der Waals surface area contributed by atoms with Crippen LogP contribution in [-0.2, 0) is 13.1 Å². The van der Waals surface area contributed by atoms with E-state index in [9.17, 15) is 0 Å². The largest absolute Gasteiger partial charge is 0.497 e. The lowest BCUT2D eigenvalue weighted by atomic mass is 10.2. The van der Waals surface area contributed by atoms with E-state index >= 15 is 0 Å². The predicted molar refractivity (Wildman–Crippen MR) is 109 cm³/mol. The predicted octanol–water partition coefficient (Wildman–Crippen LogP) is 4.68. The highest BCUT2D eigenvalue weighted by Crippen LogP contribution is 2.26. The molecular weight excluding hydrogens is 356 g/mol. The standard InChI is InChI=1S/C21H20N4OS/c1-26-20-7-5-17(6-8-20)21-24-19(14-27-21)12-23-18-4-2-3-16(11-18)13-25-10-9-22-15-25/h2-11,14-15,23H,12-13H2,1H3. The summed E-state index contributed by atoms with van der Waals surface area (Å²) >= 11 is 1.65. The minimum atomic E-state index is 0.696. The fraction of sp³-hybridized carbons (Fsp3) is 0.143. The van der Waals surface area contributed by atoms with E-state index in [0.717, 1.165) is 34.2 Å². The lowest BCUT2D eigenvalue weighted by molar-refractivity contribution is 0.415. The van der Waals surface area contributed by atoms with Gasteiger partial charge in [-0.3, -0.25) is 0 Å². The average Bonchev–Trinajstić information content (AvgIpc) is 3.39. The van der Waals surface area contributed by atoms with E-state index in [2.05, 4.69) is 44.5 Å². The second-order valence-electron chi connectivity index (χ2n) is 6.16. The number of nitrogens with one attached hydrogen (secondary N) is 1. The molecule has 0 unspecified atom stereocenters. The summed E-state index contributed by atoms with van der Waals surface area (Å²) in [6, 6.07) is 16.4. The third-order valence-corrected chi connectivity index (χ3v) is 5.15. The zero-order chi connectivity index (χ0) is 18.5. The van der Waals surface area contributed by atoms with Gasteiger partial charge in [0.15, 0.2) is 0 Å². The smallest absolute Gasteiger partial charge is 0.123 e. The first kappa shape index (κ1) is 17.3. The molecule has 0 amide bonds. The van der Waals surface area contributed by atoms with E-state index in [4.69, 9.17) is 9.72 Å². The normalized spacial score (nSPS) is 10.7. The summed E-state index contributed by atoms with van der Waals surface area (Å²) < 4.78 is 7.26. The summed E-state index contributed by atoms with van der Waals surface area (Å²) in [6.45, 7) is 1.51. The van der Waals surface area contributed by atoms with Crippen LogP contribution in [0, 0.1) is 0 Å². The molecule has 2 aromatic carbocycles. The van der Waals surface area contributed by atoms with Crippen molar-refractivity contribution in [3.8, 4) is 16.3 Å². The number of rotatable bonds is 7. The number of thiazole rings is 1. The fourth-order valence-corrected chi connectivity index (χ4v) is 3.64. The van der Waals surface area contributed by atoms with Crippen molar-refractivity contribution in [2.24, 2.45) is 0 Å². The first-order valence-electron chi connectivity index (χ1n) is 8.67. The number of hydrogen-bond acceptors (Lipinski definition) is 5. The second-order valence-corrected chi connectivity index (χ2v) is 7.02. The minimum absolute atomic E-state index is 0.696. The molecule has 5 nitrogen and oxygen atoms in total. The molecule has 0 aliphatic rings. The van der Waals surface area contributed by atoms with E-state index in [1.165, 1.54) is 5.56 Å². The van der Waals surface area contributed by atoms with Gasteiger partial charge in [0.25, 0.3) is 0 Å². The van der Waals surface area contributed by atoms with E-state index in [0.29, 0.717) is 6.54 Å². The van der Waals surface area contributed by atoms with Crippen molar-refractivity contribution in [3.63, 3.8) is 0 Å². The van der Waals surface area contributed by atoms with Crippen LogP contribution in [0.4, 0.5) is 5.69 Å².